The highest BCUT2D eigenvalue weighted by Gasteiger charge is 2.53. The second-order valence-electron chi connectivity index (χ2n) is 14.2. The predicted octanol–water partition coefficient (Wildman–Crippen LogP) is 5.10. The van der Waals surface area contributed by atoms with E-state index in [9.17, 15) is 14.7 Å². The van der Waals surface area contributed by atoms with E-state index in [0.29, 0.717) is 49.9 Å². The zero-order valence-electron chi connectivity index (χ0n) is 25.5. The summed E-state index contributed by atoms with van der Waals surface area (Å²) in [6.07, 6.45) is 17.5. The predicted molar refractivity (Wildman–Crippen MR) is 161 cm³/mol. The summed E-state index contributed by atoms with van der Waals surface area (Å²) in [4.78, 5) is 29.7. The molecular weight excluding hydrogens is 512 g/mol. The highest BCUT2D eigenvalue weighted by Crippen LogP contribution is 2.53. The van der Waals surface area contributed by atoms with Crippen molar-refractivity contribution >= 4 is 11.8 Å². The third-order valence-electron chi connectivity index (χ3n) is 11.4. The normalized spacial score (nSPS) is 33.3. The first-order valence-corrected chi connectivity index (χ1v) is 16.7. The number of carbonyl (C=O) groups is 2. The zero-order chi connectivity index (χ0) is 28.6. The van der Waals surface area contributed by atoms with Gasteiger partial charge in [0.15, 0.2) is 0 Å². The van der Waals surface area contributed by atoms with E-state index in [1.54, 1.807) is 4.90 Å². The quantitative estimate of drug-likeness (QED) is 0.532. The Hall–Kier alpha value is -1.96. The summed E-state index contributed by atoms with van der Waals surface area (Å²) < 4.78 is 0. The molecule has 3 saturated carbocycles. The topological polar surface area (TPSA) is 76.1 Å². The van der Waals surface area contributed by atoms with Gasteiger partial charge in [-0.05, 0) is 81.4 Å². The first-order valence-electron chi connectivity index (χ1n) is 16.7. The molecule has 5 aliphatic rings. The van der Waals surface area contributed by atoms with Crippen LogP contribution in [0.15, 0.2) is 24.3 Å². The van der Waals surface area contributed by atoms with Crippen LogP contribution in [-0.4, -0.2) is 82.6 Å². The molecule has 0 spiro atoms. The Morgan fingerprint density at radius 3 is 2.20 bits per heavy atom. The van der Waals surface area contributed by atoms with Gasteiger partial charge in [-0.2, -0.15) is 0 Å². The maximum Gasteiger partial charge on any atom is 0.254 e. The number of benzene rings is 1. The fourth-order valence-electron chi connectivity index (χ4n) is 8.81. The number of fused-ring (bicyclic) bond motifs is 1. The molecule has 2 heterocycles. The van der Waals surface area contributed by atoms with E-state index >= 15 is 0 Å². The Balaban J connectivity index is 1.08. The van der Waals surface area contributed by atoms with Crippen LogP contribution in [0.2, 0.25) is 0 Å². The molecule has 0 radical (unpaired) electrons. The highest BCUT2D eigenvalue weighted by molar-refractivity contribution is 5.94. The van der Waals surface area contributed by atoms with Gasteiger partial charge in [0.2, 0.25) is 0 Å². The van der Waals surface area contributed by atoms with Crippen LogP contribution < -0.4 is 5.43 Å². The van der Waals surface area contributed by atoms with E-state index in [1.165, 1.54) is 89.2 Å². The Morgan fingerprint density at radius 2 is 1.56 bits per heavy atom. The van der Waals surface area contributed by atoms with Crippen molar-refractivity contribution in [3.63, 3.8) is 0 Å². The number of carbonyl (C=O) groups excluding carboxylic acids is 2. The minimum atomic E-state index is -1.15. The number of hydrazine groups is 1. The largest absolute Gasteiger partial charge is 0.380 e. The van der Waals surface area contributed by atoms with Gasteiger partial charge in [-0.25, -0.2) is 5.01 Å². The van der Waals surface area contributed by atoms with Gasteiger partial charge in [0.1, 0.15) is 5.60 Å². The third-order valence-corrected chi connectivity index (χ3v) is 11.4. The monoisotopic (exact) mass is 564 g/mol. The van der Waals surface area contributed by atoms with Crippen molar-refractivity contribution in [1.82, 2.24) is 20.2 Å². The van der Waals surface area contributed by atoms with E-state index in [-0.39, 0.29) is 17.9 Å². The molecule has 0 aromatic heterocycles. The SMILES string of the molecule is CC1CN(C(=O)c2ccc(C3CCC4(C5CCCCCCCCC5)CN(C)NC4C3)cc2)CCN1C(=O)C1(O)CC1. The van der Waals surface area contributed by atoms with Crippen molar-refractivity contribution in [2.24, 2.45) is 11.3 Å². The summed E-state index contributed by atoms with van der Waals surface area (Å²) in [6.45, 7) is 4.66. The molecule has 2 saturated heterocycles. The van der Waals surface area contributed by atoms with Crippen molar-refractivity contribution < 1.29 is 14.7 Å². The number of nitrogens with one attached hydrogen (secondary N) is 1. The third kappa shape index (κ3) is 5.96. The van der Waals surface area contributed by atoms with Crippen LogP contribution in [0.25, 0.3) is 0 Å². The van der Waals surface area contributed by atoms with Crippen LogP contribution >= 0.6 is 0 Å². The standard InChI is InChI=1S/C34H52N4O3/c1-25-23-37(20-21-38(25)32(40)34(41)18-19-34)31(39)27-14-12-26(13-15-27)28-16-17-33(24-36(2)35-30(33)22-28)29-10-8-6-4-3-5-7-9-11-29/h12-15,25,28-30,35,41H,3-11,16-24H2,1-2H3. The van der Waals surface area contributed by atoms with Gasteiger partial charge < -0.3 is 14.9 Å². The van der Waals surface area contributed by atoms with Crippen molar-refractivity contribution in [2.75, 3.05) is 33.2 Å². The average Bonchev–Trinajstić information content (AvgIpc) is 3.64. The summed E-state index contributed by atoms with van der Waals surface area (Å²) in [5.41, 5.74) is 5.23. The fourth-order valence-corrected chi connectivity index (χ4v) is 8.81. The first kappa shape index (κ1) is 29.1. The van der Waals surface area contributed by atoms with Gasteiger partial charge >= 0.3 is 0 Å². The van der Waals surface area contributed by atoms with Crippen molar-refractivity contribution in [3.8, 4) is 0 Å². The lowest BCUT2D eigenvalue weighted by molar-refractivity contribution is -0.146. The molecule has 2 amide bonds. The molecule has 0 bridgehead atoms. The average molecular weight is 565 g/mol. The summed E-state index contributed by atoms with van der Waals surface area (Å²) in [7, 11) is 2.24. The Labute approximate surface area is 247 Å². The lowest BCUT2D eigenvalue weighted by Gasteiger charge is -2.47. The lowest BCUT2D eigenvalue weighted by atomic mass is 9.58. The van der Waals surface area contributed by atoms with Gasteiger partial charge in [0.05, 0.1) is 0 Å². The molecule has 7 heteroatoms. The number of amides is 2. The van der Waals surface area contributed by atoms with Gasteiger partial charge in [-0.15, -0.1) is 0 Å². The lowest BCUT2D eigenvalue weighted by Crippen LogP contribution is -2.57. The molecule has 226 valence electrons. The highest BCUT2D eigenvalue weighted by atomic mass is 16.3. The molecule has 5 fully saturated rings. The van der Waals surface area contributed by atoms with Gasteiger partial charge in [0, 0.05) is 56.3 Å². The van der Waals surface area contributed by atoms with E-state index in [2.05, 4.69) is 29.6 Å². The maximum absolute atomic E-state index is 13.4. The maximum atomic E-state index is 13.4. The van der Waals surface area contributed by atoms with E-state index in [4.69, 9.17) is 0 Å². The number of rotatable bonds is 4. The van der Waals surface area contributed by atoms with Crippen LogP contribution in [0.4, 0.5) is 0 Å². The Bertz CT molecular complexity index is 1080. The van der Waals surface area contributed by atoms with Gasteiger partial charge in [-0.3, -0.25) is 15.0 Å². The molecule has 2 aliphatic heterocycles. The first-order chi connectivity index (χ1) is 19.8. The molecule has 4 unspecified atom stereocenters. The van der Waals surface area contributed by atoms with Crippen LogP contribution in [0, 0.1) is 11.3 Å². The molecule has 2 N–H and O–H groups in total. The molecule has 41 heavy (non-hydrogen) atoms. The van der Waals surface area contributed by atoms with Crippen LogP contribution in [-0.2, 0) is 4.79 Å². The molecule has 1 aromatic rings. The Kier molecular flexibility index (Phi) is 8.50. The van der Waals surface area contributed by atoms with Crippen LogP contribution in [0.3, 0.4) is 0 Å². The summed E-state index contributed by atoms with van der Waals surface area (Å²) in [5, 5.41) is 12.6. The summed E-state index contributed by atoms with van der Waals surface area (Å²) >= 11 is 0. The van der Waals surface area contributed by atoms with Crippen LogP contribution in [0.1, 0.15) is 119 Å². The number of hydrogen-bond acceptors (Lipinski definition) is 5. The smallest absolute Gasteiger partial charge is 0.254 e. The number of piperazine rings is 1. The van der Waals surface area contributed by atoms with E-state index in [0.717, 1.165) is 11.5 Å². The van der Waals surface area contributed by atoms with Gasteiger partial charge in [0.25, 0.3) is 11.8 Å². The summed E-state index contributed by atoms with van der Waals surface area (Å²) in [6, 6.07) is 8.87. The van der Waals surface area contributed by atoms with E-state index < -0.39 is 5.60 Å². The van der Waals surface area contributed by atoms with Crippen LogP contribution in [0.5, 0.6) is 0 Å². The molecule has 7 nitrogen and oxygen atoms in total. The minimum absolute atomic E-state index is 0.0402. The molecule has 3 aliphatic carbocycles. The molecule has 1 aromatic carbocycles. The van der Waals surface area contributed by atoms with Crippen molar-refractivity contribution in [1.29, 1.82) is 0 Å². The van der Waals surface area contributed by atoms with E-state index in [1.807, 2.05) is 24.0 Å². The second kappa shape index (κ2) is 12.0. The minimum Gasteiger partial charge on any atom is -0.380 e. The molecule has 6 rings (SSSR count). The number of hydrogen-bond donors (Lipinski definition) is 2. The van der Waals surface area contributed by atoms with Gasteiger partial charge in [-0.1, -0.05) is 57.1 Å². The van der Waals surface area contributed by atoms with Crippen molar-refractivity contribution in [2.45, 2.75) is 120 Å². The second-order valence-corrected chi connectivity index (χ2v) is 14.2. The number of aliphatic hydroxyl groups is 1. The zero-order valence-corrected chi connectivity index (χ0v) is 25.5. The fraction of sp³-hybridized carbons (Fsp3) is 0.765. The molecular formula is C34H52N4O3. The molecule has 4 atom stereocenters. The Morgan fingerprint density at radius 1 is 0.902 bits per heavy atom. The summed E-state index contributed by atoms with van der Waals surface area (Å²) in [5.74, 6) is 1.23. The van der Waals surface area contributed by atoms with Crippen molar-refractivity contribution in [3.05, 3.63) is 35.4 Å². The number of nitrogens with zero attached hydrogens (tertiary/aromatic N) is 3.